The SMILES string of the molecule is CCN(CC(=O)O)C(=O)c1cc(C(C)C)nc2ccccc12. The minimum Gasteiger partial charge on any atom is -0.480 e. The number of carboxylic acid groups (broad SMARTS) is 1. The molecule has 1 amide bonds. The number of carbonyl (C=O) groups excluding carboxylic acids is 1. The van der Waals surface area contributed by atoms with E-state index in [-0.39, 0.29) is 18.4 Å². The number of para-hydroxylation sites is 1. The molecular weight excluding hydrogens is 280 g/mol. The molecule has 0 atom stereocenters. The Kier molecular flexibility index (Phi) is 4.75. The Morgan fingerprint density at radius 3 is 2.55 bits per heavy atom. The molecule has 2 aromatic rings. The number of amides is 1. The van der Waals surface area contributed by atoms with E-state index in [4.69, 9.17) is 5.11 Å². The van der Waals surface area contributed by atoms with Crippen molar-refractivity contribution in [3.05, 3.63) is 41.6 Å². The van der Waals surface area contributed by atoms with E-state index in [1.807, 2.05) is 38.1 Å². The summed E-state index contributed by atoms with van der Waals surface area (Å²) in [6.07, 6.45) is 0. The summed E-state index contributed by atoms with van der Waals surface area (Å²) in [6, 6.07) is 9.21. The van der Waals surface area contributed by atoms with Crippen LogP contribution in [0.2, 0.25) is 0 Å². The standard InChI is InChI=1S/C17H20N2O3/c1-4-19(10-16(20)21)17(22)13-9-15(11(2)3)18-14-8-6-5-7-12(13)14/h5-9,11H,4,10H2,1-3H3,(H,20,21). The maximum atomic E-state index is 12.7. The van der Waals surface area contributed by atoms with Gasteiger partial charge in [-0.2, -0.15) is 0 Å². The summed E-state index contributed by atoms with van der Waals surface area (Å²) in [4.78, 5) is 29.6. The lowest BCUT2D eigenvalue weighted by Gasteiger charge is -2.20. The molecule has 0 fully saturated rings. The highest BCUT2D eigenvalue weighted by Crippen LogP contribution is 2.23. The second-order valence-corrected chi connectivity index (χ2v) is 5.48. The normalized spacial score (nSPS) is 10.9. The zero-order chi connectivity index (χ0) is 16.3. The smallest absolute Gasteiger partial charge is 0.323 e. The van der Waals surface area contributed by atoms with Crippen LogP contribution < -0.4 is 0 Å². The van der Waals surface area contributed by atoms with Crippen molar-refractivity contribution in [3.8, 4) is 0 Å². The van der Waals surface area contributed by atoms with Gasteiger partial charge in [-0.15, -0.1) is 0 Å². The van der Waals surface area contributed by atoms with Crippen molar-refractivity contribution in [1.82, 2.24) is 9.88 Å². The second-order valence-electron chi connectivity index (χ2n) is 5.48. The van der Waals surface area contributed by atoms with Crippen LogP contribution in [0.15, 0.2) is 30.3 Å². The molecule has 0 aliphatic rings. The van der Waals surface area contributed by atoms with Gasteiger partial charge in [0.05, 0.1) is 11.1 Å². The summed E-state index contributed by atoms with van der Waals surface area (Å²) in [5.41, 5.74) is 2.09. The molecule has 116 valence electrons. The van der Waals surface area contributed by atoms with Gasteiger partial charge in [-0.1, -0.05) is 32.0 Å². The van der Waals surface area contributed by atoms with Crippen molar-refractivity contribution < 1.29 is 14.7 Å². The molecule has 5 heteroatoms. The molecule has 5 nitrogen and oxygen atoms in total. The van der Waals surface area contributed by atoms with Gasteiger partial charge in [-0.05, 0) is 25.0 Å². The number of pyridine rings is 1. The van der Waals surface area contributed by atoms with Crippen molar-refractivity contribution in [2.24, 2.45) is 0 Å². The molecule has 0 unspecified atom stereocenters. The number of aromatic nitrogens is 1. The molecule has 1 N–H and O–H groups in total. The summed E-state index contributed by atoms with van der Waals surface area (Å²) < 4.78 is 0. The summed E-state index contributed by atoms with van der Waals surface area (Å²) in [5.74, 6) is -1.10. The number of carbonyl (C=O) groups is 2. The zero-order valence-corrected chi connectivity index (χ0v) is 13.0. The lowest BCUT2D eigenvalue weighted by Crippen LogP contribution is -2.35. The van der Waals surface area contributed by atoms with Crippen LogP contribution in [-0.2, 0) is 4.79 Å². The molecule has 1 heterocycles. The number of nitrogens with zero attached hydrogens (tertiary/aromatic N) is 2. The molecule has 22 heavy (non-hydrogen) atoms. The minimum absolute atomic E-state index is 0.186. The predicted molar refractivity (Wildman–Crippen MR) is 85.0 cm³/mol. The first-order valence-corrected chi connectivity index (χ1v) is 7.34. The molecule has 1 aromatic heterocycles. The Hall–Kier alpha value is -2.43. The van der Waals surface area contributed by atoms with Gasteiger partial charge >= 0.3 is 5.97 Å². The van der Waals surface area contributed by atoms with E-state index in [0.29, 0.717) is 12.1 Å². The highest BCUT2D eigenvalue weighted by molar-refractivity contribution is 6.06. The van der Waals surface area contributed by atoms with Gasteiger partial charge in [0.1, 0.15) is 6.54 Å². The van der Waals surface area contributed by atoms with Crippen LogP contribution in [0, 0.1) is 0 Å². The highest BCUT2D eigenvalue weighted by Gasteiger charge is 2.20. The Morgan fingerprint density at radius 1 is 1.27 bits per heavy atom. The van der Waals surface area contributed by atoms with E-state index in [9.17, 15) is 9.59 Å². The quantitative estimate of drug-likeness (QED) is 0.921. The number of carboxylic acids is 1. The van der Waals surface area contributed by atoms with Crippen LogP contribution in [-0.4, -0.2) is 40.0 Å². The van der Waals surface area contributed by atoms with E-state index in [1.54, 1.807) is 13.0 Å². The fraction of sp³-hybridized carbons (Fsp3) is 0.353. The number of rotatable bonds is 5. The third-order valence-electron chi connectivity index (χ3n) is 3.55. The largest absolute Gasteiger partial charge is 0.480 e. The van der Waals surface area contributed by atoms with E-state index in [2.05, 4.69) is 4.98 Å². The molecule has 0 saturated carbocycles. The summed E-state index contributed by atoms with van der Waals surface area (Å²) in [7, 11) is 0. The molecule has 0 aliphatic heterocycles. The fourth-order valence-electron chi connectivity index (χ4n) is 2.33. The zero-order valence-electron chi connectivity index (χ0n) is 13.0. The first kappa shape index (κ1) is 15.9. The molecule has 1 aromatic carbocycles. The number of aliphatic carboxylic acids is 1. The Balaban J connectivity index is 2.57. The van der Waals surface area contributed by atoms with Crippen molar-refractivity contribution in [1.29, 1.82) is 0 Å². The summed E-state index contributed by atoms with van der Waals surface area (Å²) in [6.45, 7) is 5.84. The molecule has 0 spiro atoms. The maximum Gasteiger partial charge on any atom is 0.323 e. The average Bonchev–Trinajstić information content (AvgIpc) is 2.50. The van der Waals surface area contributed by atoms with Gasteiger partial charge in [-0.25, -0.2) is 0 Å². The number of hydrogen-bond donors (Lipinski definition) is 1. The predicted octanol–water partition coefficient (Wildman–Crippen LogP) is 2.90. The van der Waals surface area contributed by atoms with Crippen molar-refractivity contribution >= 4 is 22.8 Å². The van der Waals surface area contributed by atoms with Crippen LogP contribution in [0.4, 0.5) is 0 Å². The van der Waals surface area contributed by atoms with E-state index < -0.39 is 5.97 Å². The average molecular weight is 300 g/mol. The Bertz CT molecular complexity index is 710. The van der Waals surface area contributed by atoms with Gasteiger partial charge in [0.2, 0.25) is 0 Å². The van der Waals surface area contributed by atoms with Crippen LogP contribution in [0.1, 0.15) is 42.7 Å². The topological polar surface area (TPSA) is 70.5 Å². The van der Waals surface area contributed by atoms with E-state index >= 15 is 0 Å². The molecule has 2 rings (SSSR count). The highest BCUT2D eigenvalue weighted by atomic mass is 16.4. The van der Waals surface area contributed by atoms with Gasteiger partial charge in [0.25, 0.3) is 5.91 Å². The van der Waals surface area contributed by atoms with Crippen LogP contribution in [0.5, 0.6) is 0 Å². The number of benzene rings is 1. The van der Waals surface area contributed by atoms with Gasteiger partial charge in [-0.3, -0.25) is 14.6 Å². The first-order chi connectivity index (χ1) is 10.4. The molecule has 0 bridgehead atoms. The summed E-state index contributed by atoms with van der Waals surface area (Å²) in [5, 5.41) is 9.71. The Morgan fingerprint density at radius 2 is 1.95 bits per heavy atom. The van der Waals surface area contributed by atoms with Gasteiger partial charge in [0.15, 0.2) is 0 Å². The fourth-order valence-corrected chi connectivity index (χ4v) is 2.33. The number of likely N-dealkylation sites (N-methyl/N-ethyl adjacent to an activating group) is 1. The maximum absolute atomic E-state index is 12.7. The van der Waals surface area contributed by atoms with E-state index in [1.165, 1.54) is 4.90 Å². The van der Waals surface area contributed by atoms with E-state index in [0.717, 1.165) is 16.6 Å². The van der Waals surface area contributed by atoms with Crippen molar-refractivity contribution in [2.45, 2.75) is 26.7 Å². The van der Waals surface area contributed by atoms with Crippen molar-refractivity contribution in [3.63, 3.8) is 0 Å². The third-order valence-corrected chi connectivity index (χ3v) is 3.55. The summed E-state index contributed by atoms with van der Waals surface area (Å²) >= 11 is 0. The number of fused-ring (bicyclic) bond motifs is 1. The van der Waals surface area contributed by atoms with Crippen molar-refractivity contribution in [2.75, 3.05) is 13.1 Å². The van der Waals surface area contributed by atoms with Gasteiger partial charge in [0, 0.05) is 17.6 Å². The van der Waals surface area contributed by atoms with Gasteiger partial charge < -0.3 is 10.0 Å². The minimum atomic E-state index is -1.02. The van der Waals surface area contributed by atoms with Crippen LogP contribution in [0.25, 0.3) is 10.9 Å². The molecule has 0 radical (unpaired) electrons. The third kappa shape index (κ3) is 3.24. The molecule has 0 saturated heterocycles. The number of hydrogen-bond acceptors (Lipinski definition) is 3. The van der Waals surface area contributed by atoms with Crippen LogP contribution in [0.3, 0.4) is 0 Å². The second kappa shape index (κ2) is 6.56. The monoisotopic (exact) mass is 300 g/mol. The lowest BCUT2D eigenvalue weighted by molar-refractivity contribution is -0.137. The molecular formula is C17H20N2O3. The lowest BCUT2D eigenvalue weighted by atomic mass is 10.0. The molecule has 0 aliphatic carbocycles. The van der Waals surface area contributed by atoms with Crippen LogP contribution >= 0.6 is 0 Å². The Labute approximate surface area is 129 Å². The first-order valence-electron chi connectivity index (χ1n) is 7.34.